The molecule has 0 N–H and O–H groups in total. The van der Waals surface area contributed by atoms with Crippen LogP contribution in [0.1, 0.15) is 25.0 Å². The first-order chi connectivity index (χ1) is 28.5. The molecule has 1 aliphatic heterocycles. The maximum atomic E-state index is 2.52. The summed E-state index contributed by atoms with van der Waals surface area (Å²) in [7, 11) is -2.66. The number of fused-ring (bicyclic) bond motifs is 6. The third kappa shape index (κ3) is 5.31. The van der Waals surface area contributed by atoms with Gasteiger partial charge < -0.3 is 4.90 Å². The minimum absolute atomic E-state index is 0.0977. The predicted octanol–water partition coefficient (Wildman–Crippen LogP) is 12.1. The molecule has 0 saturated carbocycles. The molecular weight excluding hydrogens is 735 g/mol. The molecule has 2 aliphatic rings. The zero-order valence-corrected chi connectivity index (χ0v) is 34.4. The lowest BCUT2D eigenvalue weighted by molar-refractivity contribution is 0.660. The van der Waals surface area contributed by atoms with E-state index in [1.54, 1.807) is 0 Å². The second-order valence-electron chi connectivity index (χ2n) is 16.1. The Bertz CT molecular complexity index is 2960. The molecule has 1 nitrogen and oxygen atoms in total. The Morgan fingerprint density at radius 3 is 1.83 bits per heavy atom. The van der Waals surface area contributed by atoms with Crippen molar-refractivity contribution in [2.45, 2.75) is 29.1 Å². The second-order valence-corrected chi connectivity index (χ2v) is 20.9. The van der Waals surface area contributed by atoms with Crippen LogP contribution in [-0.4, -0.2) is 8.07 Å². The fourth-order valence-electron chi connectivity index (χ4n) is 9.85. The van der Waals surface area contributed by atoms with Crippen molar-refractivity contribution >= 4 is 68.4 Å². The summed E-state index contributed by atoms with van der Waals surface area (Å²) in [5.41, 5.74) is 11.2. The number of anilines is 3. The molecule has 1 aliphatic carbocycles. The molecule has 0 bridgehead atoms. The molecule has 11 rings (SSSR count). The van der Waals surface area contributed by atoms with Crippen molar-refractivity contribution in [1.29, 1.82) is 0 Å². The van der Waals surface area contributed by atoms with Gasteiger partial charge in [0.05, 0.1) is 5.69 Å². The summed E-state index contributed by atoms with van der Waals surface area (Å²) in [5.74, 6) is 0. The van der Waals surface area contributed by atoms with Gasteiger partial charge in [-0.3, -0.25) is 0 Å². The van der Waals surface area contributed by atoms with Crippen LogP contribution >= 0.6 is 11.8 Å². The van der Waals surface area contributed by atoms with Gasteiger partial charge >= 0.3 is 0 Å². The fourth-order valence-corrected chi connectivity index (χ4v) is 16.8. The molecule has 0 aromatic heterocycles. The molecule has 276 valence electrons. The van der Waals surface area contributed by atoms with Gasteiger partial charge in [-0.2, -0.15) is 0 Å². The smallest absolute Gasteiger partial charge is 0.181 e. The third-order valence-corrected chi connectivity index (χ3v) is 19.0. The monoisotopic (exact) mass is 775 g/mol. The number of hydrogen-bond donors (Lipinski definition) is 0. The topological polar surface area (TPSA) is 3.24 Å². The van der Waals surface area contributed by atoms with Crippen LogP contribution in [0.5, 0.6) is 0 Å². The van der Waals surface area contributed by atoms with Gasteiger partial charge in [-0.1, -0.05) is 195 Å². The average molecular weight is 776 g/mol. The summed E-state index contributed by atoms with van der Waals surface area (Å²) in [6.45, 7) is 4.72. The van der Waals surface area contributed by atoms with E-state index in [1.807, 2.05) is 11.8 Å². The number of hydrogen-bond acceptors (Lipinski definition) is 2. The van der Waals surface area contributed by atoms with Gasteiger partial charge in [-0.05, 0) is 102 Å². The lowest BCUT2D eigenvalue weighted by Gasteiger charge is -2.40. The predicted molar refractivity (Wildman–Crippen MR) is 249 cm³/mol. The van der Waals surface area contributed by atoms with Gasteiger partial charge in [0.1, 0.15) is 0 Å². The SMILES string of the molecule is CC1(C)c2ccccc2-c2ccc(N(c3ccc(-c4ccc5c(c4)[Si](c4ccccc4)(c4ccccc4)c4ccccc4S5)cc3)c3cccc4ccccc34)cc21. The summed E-state index contributed by atoms with van der Waals surface area (Å²) in [6.07, 6.45) is 0. The summed E-state index contributed by atoms with van der Waals surface area (Å²) in [4.78, 5) is 5.16. The van der Waals surface area contributed by atoms with E-state index in [4.69, 9.17) is 0 Å². The van der Waals surface area contributed by atoms with E-state index in [2.05, 4.69) is 231 Å². The first-order valence-corrected chi connectivity index (χ1v) is 23.0. The van der Waals surface area contributed by atoms with Crippen LogP contribution in [0.25, 0.3) is 33.0 Å². The maximum absolute atomic E-state index is 2.66. The molecule has 0 amide bonds. The van der Waals surface area contributed by atoms with Crippen LogP contribution in [0.15, 0.2) is 222 Å². The van der Waals surface area contributed by atoms with E-state index in [0.717, 1.165) is 11.4 Å². The van der Waals surface area contributed by atoms with Gasteiger partial charge in [-0.15, -0.1) is 0 Å². The van der Waals surface area contributed by atoms with Crippen molar-refractivity contribution in [3.8, 4) is 22.3 Å². The molecule has 9 aromatic rings. The normalized spacial score (nSPS) is 14.2. The Kier molecular flexibility index (Phi) is 8.18. The van der Waals surface area contributed by atoms with E-state index < -0.39 is 8.07 Å². The summed E-state index contributed by atoms with van der Waals surface area (Å²) >= 11 is 1.91. The van der Waals surface area contributed by atoms with Crippen molar-refractivity contribution in [1.82, 2.24) is 0 Å². The zero-order chi connectivity index (χ0) is 38.8. The van der Waals surface area contributed by atoms with E-state index in [9.17, 15) is 0 Å². The third-order valence-electron chi connectivity index (χ3n) is 12.6. The fraction of sp³-hybridized carbons (Fsp3) is 0.0545. The molecule has 58 heavy (non-hydrogen) atoms. The molecule has 0 radical (unpaired) electrons. The zero-order valence-electron chi connectivity index (χ0n) is 32.6. The molecule has 0 unspecified atom stereocenters. The van der Waals surface area contributed by atoms with Crippen molar-refractivity contribution in [3.05, 3.63) is 223 Å². The maximum Gasteiger partial charge on any atom is 0.181 e. The lowest BCUT2D eigenvalue weighted by Crippen LogP contribution is -2.76. The van der Waals surface area contributed by atoms with Crippen LogP contribution in [-0.2, 0) is 5.41 Å². The molecule has 0 spiro atoms. The quantitative estimate of drug-likeness (QED) is 0.155. The number of rotatable bonds is 6. The van der Waals surface area contributed by atoms with Crippen LogP contribution < -0.4 is 25.6 Å². The average Bonchev–Trinajstić information content (AvgIpc) is 3.51. The van der Waals surface area contributed by atoms with Gasteiger partial charge in [0, 0.05) is 32.0 Å². The Labute approximate surface area is 346 Å². The highest BCUT2D eigenvalue weighted by Gasteiger charge is 2.47. The first-order valence-electron chi connectivity index (χ1n) is 20.2. The Balaban J connectivity index is 1.06. The van der Waals surface area contributed by atoms with E-state index >= 15 is 0 Å². The molecule has 3 heteroatoms. The van der Waals surface area contributed by atoms with Crippen molar-refractivity contribution < 1.29 is 0 Å². The largest absolute Gasteiger partial charge is 0.310 e. The second kappa shape index (κ2) is 13.6. The van der Waals surface area contributed by atoms with Gasteiger partial charge in [0.2, 0.25) is 0 Å². The highest BCUT2D eigenvalue weighted by atomic mass is 32.2. The van der Waals surface area contributed by atoms with Crippen LogP contribution in [0, 0.1) is 0 Å². The summed E-state index contributed by atoms with van der Waals surface area (Å²) in [6, 6.07) is 79.5. The van der Waals surface area contributed by atoms with Crippen LogP contribution in [0.4, 0.5) is 17.1 Å². The van der Waals surface area contributed by atoms with Gasteiger partial charge in [-0.25, -0.2) is 0 Å². The molecule has 0 atom stereocenters. The standard InChI is InChI=1S/C55H41NSSi/c1-55(2)48-24-12-11-23-46(48)47-34-33-42(37-49(47)55)56(50-25-15-17-39-16-9-10-22-45(39)50)41-31-28-38(29-32-41)40-30-35-52-54(36-40)58(43-18-5-3-6-19-43,44-20-7-4-8-21-44)53-27-14-13-26-51(53)57-52/h3-37H,1-2H3. The minimum atomic E-state index is -2.66. The summed E-state index contributed by atoms with van der Waals surface area (Å²) < 4.78 is 0. The molecule has 0 fully saturated rings. The van der Waals surface area contributed by atoms with Crippen molar-refractivity contribution in [2.24, 2.45) is 0 Å². The molecule has 0 saturated heterocycles. The summed E-state index contributed by atoms with van der Waals surface area (Å²) in [5, 5.41) is 8.20. The molecule has 9 aromatic carbocycles. The lowest BCUT2D eigenvalue weighted by atomic mass is 9.82. The molecule has 1 heterocycles. The van der Waals surface area contributed by atoms with E-state index in [1.165, 1.54) is 80.4 Å². The van der Waals surface area contributed by atoms with Gasteiger partial charge in [0.15, 0.2) is 8.07 Å². The van der Waals surface area contributed by atoms with Gasteiger partial charge in [0.25, 0.3) is 0 Å². The number of benzene rings is 9. The Morgan fingerprint density at radius 2 is 1.03 bits per heavy atom. The number of nitrogens with zero attached hydrogens (tertiary/aromatic N) is 1. The molecular formula is C55H41NSSi. The minimum Gasteiger partial charge on any atom is -0.310 e. The van der Waals surface area contributed by atoms with Crippen molar-refractivity contribution in [3.63, 3.8) is 0 Å². The Morgan fingerprint density at radius 1 is 0.431 bits per heavy atom. The van der Waals surface area contributed by atoms with Crippen LogP contribution in [0.2, 0.25) is 0 Å². The highest BCUT2D eigenvalue weighted by Crippen LogP contribution is 2.51. The Hall–Kier alpha value is -6.39. The highest BCUT2D eigenvalue weighted by molar-refractivity contribution is 8.00. The van der Waals surface area contributed by atoms with Crippen molar-refractivity contribution in [2.75, 3.05) is 4.90 Å². The first kappa shape index (κ1) is 34.8. The van der Waals surface area contributed by atoms with E-state index in [-0.39, 0.29) is 5.41 Å². The van der Waals surface area contributed by atoms with E-state index in [0.29, 0.717) is 0 Å². The van der Waals surface area contributed by atoms with Crippen LogP contribution in [0.3, 0.4) is 0 Å².